The number of amides is 1. The Morgan fingerprint density at radius 2 is 1.65 bits per heavy atom. The van der Waals surface area contributed by atoms with Crippen LogP contribution in [-0.4, -0.2) is 19.1 Å². The molecule has 31 heavy (non-hydrogen) atoms. The van der Waals surface area contributed by atoms with Gasteiger partial charge in [0.25, 0.3) is 5.91 Å². The summed E-state index contributed by atoms with van der Waals surface area (Å²) in [6, 6.07) is 22.3. The molecule has 1 amide bonds. The molecule has 0 aliphatic rings. The summed E-state index contributed by atoms with van der Waals surface area (Å²) in [7, 11) is 1.68. The number of ether oxygens (including phenoxy) is 1. The molecule has 2 aromatic carbocycles. The average Bonchev–Trinajstić information content (AvgIpc) is 3.23. The summed E-state index contributed by atoms with van der Waals surface area (Å²) in [5.41, 5.74) is 2.45. The van der Waals surface area contributed by atoms with Gasteiger partial charge in [-0.3, -0.25) is 4.79 Å². The van der Waals surface area contributed by atoms with E-state index in [1.807, 2.05) is 31.2 Å². The summed E-state index contributed by atoms with van der Waals surface area (Å²) in [5, 5.41) is 3.00. The van der Waals surface area contributed by atoms with Gasteiger partial charge in [-0.25, -0.2) is 0 Å². The number of carbonyl (C=O) groups excluding carboxylic acids is 1. The van der Waals surface area contributed by atoms with E-state index < -0.39 is 0 Å². The maximum atomic E-state index is 12.5. The number of carbonyl (C=O) groups is 1. The van der Waals surface area contributed by atoms with Crippen LogP contribution in [0.25, 0.3) is 0 Å². The summed E-state index contributed by atoms with van der Waals surface area (Å²) in [4.78, 5) is 13.8. The monoisotopic (exact) mass is 421 g/mol. The third-order valence-electron chi connectivity index (χ3n) is 5.55. The minimum Gasteiger partial charge on any atom is -0.497 e. The highest BCUT2D eigenvalue weighted by atomic mass is 16.5. The Hall–Kier alpha value is -3.05. The van der Waals surface area contributed by atoms with Crippen molar-refractivity contribution in [3.8, 4) is 5.75 Å². The Morgan fingerprint density at radius 1 is 0.935 bits per heavy atom. The molecule has 0 radical (unpaired) electrons. The maximum Gasteiger partial charge on any atom is 0.287 e. The minimum absolute atomic E-state index is 0.0920. The first kappa shape index (κ1) is 22.6. The number of furan rings is 1. The lowest BCUT2D eigenvalue weighted by atomic mass is 10.1. The third-order valence-corrected chi connectivity index (χ3v) is 5.55. The lowest BCUT2D eigenvalue weighted by Gasteiger charge is -2.19. The van der Waals surface area contributed by atoms with Crippen LogP contribution in [0.15, 0.2) is 71.1 Å². The number of hydrogen-bond donors (Lipinski definition) is 2. The molecule has 3 aromatic rings. The highest BCUT2D eigenvalue weighted by Gasteiger charge is 2.19. The predicted molar refractivity (Wildman–Crippen MR) is 122 cm³/mol. The summed E-state index contributed by atoms with van der Waals surface area (Å²) < 4.78 is 11.3. The molecule has 2 N–H and O–H groups in total. The van der Waals surface area contributed by atoms with Crippen LogP contribution in [-0.2, 0) is 19.6 Å². The first-order valence-corrected chi connectivity index (χ1v) is 10.8. The zero-order chi connectivity index (χ0) is 22.2. The molecule has 5 nitrogen and oxygen atoms in total. The fraction of sp³-hybridized carbons (Fsp3) is 0.346. The van der Waals surface area contributed by atoms with Gasteiger partial charge in [0.05, 0.1) is 7.11 Å². The summed E-state index contributed by atoms with van der Waals surface area (Å²) in [6.07, 6.45) is 0. The van der Waals surface area contributed by atoms with Gasteiger partial charge >= 0.3 is 0 Å². The van der Waals surface area contributed by atoms with Crippen molar-refractivity contribution < 1.29 is 18.8 Å². The van der Waals surface area contributed by atoms with Gasteiger partial charge < -0.3 is 19.4 Å². The Kier molecular flexibility index (Phi) is 7.90. The van der Waals surface area contributed by atoms with Crippen LogP contribution < -0.4 is 15.0 Å². The Balaban J connectivity index is 1.73. The van der Waals surface area contributed by atoms with E-state index in [1.54, 1.807) is 13.2 Å². The normalized spacial score (nSPS) is 13.1. The van der Waals surface area contributed by atoms with E-state index >= 15 is 0 Å². The van der Waals surface area contributed by atoms with Gasteiger partial charge in [0, 0.05) is 17.2 Å². The molecule has 2 atom stereocenters. The van der Waals surface area contributed by atoms with Crippen LogP contribution >= 0.6 is 0 Å². The van der Waals surface area contributed by atoms with Crippen LogP contribution in [0.4, 0.5) is 0 Å². The first-order valence-electron chi connectivity index (χ1n) is 10.8. The molecule has 0 saturated heterocycles. The fourth-order valence-electron chi connectivity index (χ4n) is 3.43. The molecule has 5 heteroatoms. The number of hydrogen-bond acceptors (Lipinski definition) is 3. The highest BCUT2D eigenvalue weighted by Crippen LogP contribution is 2.13. The van der Waals surface area contributed by atoms with E-state index in [-0.39, 0.29) is 11.9 Å². The molecule has 0 saturated carbocycles. The van der Waals surface area contributed by atoms with E-state index in [2.05, 4.69) is 55.6 Å². The molecular weight excluding hydrogens is 388 g/mol. The van der Waals surface area contributed by atoms with E-state index in [0.29, 0.717) is 18.2 Å². The van der Waals surface area contributed by atoms with Crippen LogP contribution in [0.5, 0.6) is 5.75 Å². The zero-order valence-corrected chi connectivity index (χ0v) is 18.9. The predicted octanol–water partition coefficient (Wildman–Crippen LogP) is 3.85. The molecular formula is C26H33N2O3+. The molecule has 1 heterocycles. The van der Waals surface area contributed by atoms with Gasteiger partial charge in [-0.15, -0.1) is 0 Å². The molecule has 164 valence electrons. The summed E-state index contributed by atoms with van der Waals surface area (Å²) >= 11 is 0. The Morgan fingerprint density at radius 3 is 2.35 bits per heavy atom. The van der Waals surface area contributed by atoms with Crippen molar-refractivity contribution >= 4 is 5.91 Å². The maximum absolute atomic E-state index is 12.5. The summed E-state index contributed by atoms with van der Waals surface area (Å²) in [5.74, 6) is 2.23. The van der Waals surface area contributed by atoms with E-state index in [0.717, 1.165) is 24.6 Å². The number of quaternary nitrogens is 1. The van der Waals surface area contributed by atoms with Gasteiger partial charge in [-0.05, 0) is 37.1 Å². The van der Waals surface area contributed by atoms with Gasteiger partial charge in [0.2, 0.25) is 0 Å². The van der Waals surface area contributed by atoms with Crippen molar-refractivity contribution in [2.45, 2.75) is 46.4 Å². The van der Waals surface area contributed by atoms with Gasteiger partial charge in [-0.2, -0.15) is 0 Å². The van der Waals surface area contributed by atoms with Crippen LogP contribution in [0.1, 0.15) is 48.2 Å². The van der Waals surface area contributed by atoms with Crippen LogP contribution in [0, 0.1) is 5.92 Å². The molecule has 1 unspecified atom stereocenters. The van der Waals surface area contributed by atoms with Gasteiger partial charge in [0.15, 0.2) is 11.5 Å². The largest absolute Gasteiger partial charge is 0.497 e. The number of rotatable bonds is 10. The van der Waals surface area contributed by atoms with Crippen molar-refractivity contribution in [3.63, 3.8) is 0 Å². The second kappa shape index (κ2) is 10.8. The second-order valence-electron chi connectivity index (χ2n) is 8.39. The number of methoxy groups -OCH3 is 1. The van der Waals surface area contributed by atoms with Gasteiger partial charge in [-0.1, -0.05) is 56.3 Å². The number of benzene rings is 2. The lowest BCUT2D eigenvalue weighted by Crippen LogP contribution is -3.08. The first-order chi connectivity index (χ1) is 14.9. The van der Waals surface area contributed by atoms with E-state index in [9.17, 15) is 4.79 Å². The molecule has 1 aromatic heterocycles. The smallest absolute Gasteiger partial charge is 0.287 e. The zero-order valence-electron chi connectivity index (χ0n) is 18.9. The quantitative estimate of drug-likeness (QED) is 0.523. The van der Waals surface area contributed by atoms with E-state index in [1.165, 1.54) is 16.0 Å². The third kappa shape index (κ3) is 6.72. The molecule has 0 fully saturated rings. The SMILES string of the molecule is COc1cccc(C[NH+](Cc2ccccc2)Cc2ccc(C(=O)N[C@@H](C)C(C)C)o2)c1. The van der Waals surface area contributed by atoms with Crippen LogP contribution in [0.3, 0.4) is 0 Å². The van der Waals surface area contributed by atoms with E-state index in [4.69, 9.17) is 9.15 Å². The second-order valence-corrected chi connectivity index (χ2v) is 8.39. The molecule has 0 spiro atoms. The standard InChI is InChI=1S/C26H32N2O3/c1-19(2)20(3)27-26(29)25-14-13-24(31-25)18-28(16-21-9-6-5-7-10-21)17-22-11-8-12-23(15-22)30-4/h5-15,19-20H,16-18H2,1-4H3,(H,27,29)/p+1/t20-/m0/s1. The van der Waals surface area contributed by atoms with Gasteiger partial charge in [0.1, 0.15) is 25.4 Å². The summed E-state index contributed by atoms with van der Waals surface area (Å²) in [6.45, 7) is 8.53. The van der Waals surface area contributed by atoms with Crippen molar-refractivity contribution in [3.05, 3.63) is 89.4 Å². The van der Waals surface area contributed by atoms with Crippen molar-refractivity contribution in [1.29, 1.82) is 0 Å². The van der Waals surface area contributed by atoms with Crippen molar-refractivity contribution in [1.82, 2.24) is 5.32 Å². The van der Waals surface area contributed by atoms with Crippen LogP contribution in [0.2, 0.25) is 0 Å². The lowest BCUT2D eigenvalue weighted by molar-refractivity contribution is -0.942. The topological polar surface area (TPSA) is 55.9 Å². The molecule has 0 aliphatic carbocycles. The average molecular weight is 422 g/mol. The van der Waals surface area contributed by atoms with Crippen molar-refractivity contribution in [2.75, 3.05) is 7.11 Å². The number of nitrogens with one attached hydrogen (secondary N) is 2. The Labute approximate surface area is 185 Å². The minimum atomic E-state index is -0.162. The molecule has 3 rings (SSSR count). The fourth-order valence-corrected chi connectivity index (χ4v) is 3.43. The molecule has 0 aliphatic heterocycles. The molecule has 0 bridgehead atoms. The van der Waals surface area contributed by atoms with Crippen molar-refractivity contribution in [2.24, 2.45) is 5.92 Å². The Bertz CT molecular complexity index is 966. The highest BCUT2D eigenvalue weighted by molar-refractivity contribution is 5.91.